The highest BCUT2D eigenvalue weighted by Crippen LogP contribution is 2.14. The molecule has 0 atom stereocenters. The lowest BCUT2D eigenvalue weighted by atomic mass is 10.3. The molecule has 19 heavy (non-hydrogen) atoms. The van der Waals surface area contributed by atoms with Crippen molar-refractivity contribution in [2.24, 2.45) is 0 Å². The number of hydrogen-bond acceptors (Lipinski definition) is 5. The fraction of sp³-hybridized carbons (Fsp3) is 0.273. The van der Waals surface area contributed by atoms with E-state index in [1.54, 1.807) is 24.3 Å². The molecule has 0 radical (unpaired) electrons. The number of anilines is 1. The van der Waals surface area contributed by atoms with Crippen molar-refractivity contribution in [3.05, 3.63) is 24.3 Å². The number of carbonyl (C=O) groups excluding carboxylic acids is 1. The van der Waals surface area contributed by atoms with Gasteiger partial charge in [0.05, 0.1) is 7.11 Å². The predicted octanol–water partition coefficient (Wildman–Crippen LogP) is 0.133. The predicted molar refractivity (Wildman–Crippen MR) is 67.9 cm³/mol. The minimum absolute atomic E-state index is 0.399. The molecule has 0 heterocycles. The molecule has 0 bridgehead atoms. The van der Waals surface area contributed by atoms with Gasteiger partial charge in [0.25, 0.3) is 0 Å². The largest absolute Gasteiger partial charge is 0.497 e. The van der Waals surface area contributed by atoms with Crippen molar-refractivity contribution >= 4 is 27.4 Å². The second-order valence-corrected chi connectivity index (χ2v) is 5.77. The number of carbonyl (C=O) groups is 2. The first-order valence-electron chi connectivity index (χ1n) is 5.18. The van der Waals surface area contributed by atoms with Crippen LogP contribution in [0.1, 0.15) is 0 Å². The lowest BCUT2D eigenvalue weighted by Crippen LogP contribution is -2.27. The number of methoxy groups -OCH3 is 1. The Hall–Kier alpha value is -2.09. The van der Waals surface area contributed by atoms with Gasteiger partial charge in [-0.05, 0) is 24.3 Å². The van der Waals surface area contributed by atoms with E-state index in [9.17, 15) is 18.0 Å². The van der Waals surface area contributed by atoms with E-state index >= 15 is 0 Å². The van der Waals surface area contributed by atoms with Crippen LogP contribution in [-0.4, -0.2) is 44.0 Å². The quantitative estimate of drug-likeness (QED) is 0.769. The summed E-state index contributed by atoms with van der Waals surface area (Å²) in [5, 5.41) is 10.7. The number of carboxylic acids is 1. The third-order valence-corrected chi connectivity index (χ3v) is 3.46. The van der Waals surface area contributed by atoms with Crippen LogP contribution in [0.3, 0.4) is 0 Å². The van der Waals surface area contributed by atoms with E-state index in [2.05, 4.69) is 5.32 Å². The number of ether oxygens (including phenoxy) is 1. The van der Waals surface area contributed by atoms with Crippen LogP contribution >= 0.6 is 0 Å². The summed E-state index contributed by atoms with van der Waals surface area (Å²) in [5.74, 6) is -3.62. The summed E-state index contributed by atoms with van der Waals surface area (Å²) < 4.78 is 27.5. The Morgan fingerprint density at radius 3 is 2.26 bits per heavy atom. The lowest BCUT2D eigenvalue weighted by molar-refractivity contribution is -0.134. The molecule has 0 aromatic heterocycles. The second-order valence-electron chi connectivity index (χ2n) is 3.70. The van der Waals surface area contributed by atoms with Crippen LogP contribution in [0.25, 0.3) is 0 Å². The number of sulfone groups is 1. The molecule has 0 saturated carbocycles. The highest BCUT2D eigenvalue weighted by molar-refractivity contribution is 7.92. The van der Waals surface area contributed by atoms with Gasteiger partial charge in [0.15, 0.2) is 9.84 Å². The zero-order valence-electron chi connectivity index (χ0n) is 10.1. The van der Waals surface area contributed by atoms with Crippen molar-refractivity contribution in [1.29, 1.82) is 0 Å². The van der Waals surface area contributed by atoms with Gasteiger partial charge in [-0.15, -0.1) is 0 Å². The number of nitrogens with one attached hydrogen (secondary N) is 1. The first-order chi connectivity index (χ1) is 8.82. The average molecular weight is 287 g/mol. The third kappa shape index (κ3) is 5.38. The maximum Gasteiger partial charge on any atom is 0.318 e. The van der Waals surface area contributed by atoms with E-state index in [1.807, 2.05) is 0 Å². The molecule has 2 N–H and O–H groups in total. The van der Waals surface area contributed by atoms with Gasteiger partial charge in [0.2, 0.25) is 5.91 Å². The molecule has 7 nitrogen and oxygen atoms in total. The van der Waals surface area contributed by atoms with Crippen LogP contribution in [0.5, 0.6) is 5.75 Å². The summed E-state index contributed by atoms with van der Waals surface area (Å²) >= 11 is 0. The Bertz CT molecular complexity index is 563. The third-order valence-electron chi connectivity index (χ3n) is 2.07. The lowest BCUT2D eigenvalue weighted by Gasteiger charge is -2.06. The van der Waals surface area contributed by atoms with Crippen LogP contribution in [-0.2, 0) is 19.4 Å². The van der Waals surface area contributed by atoms with E-state index in [1.165, 1.54) is 7.11 Å². The summed E-state index contributed by atoms with van der Waals surface area (Å²) in [7, 11) is -2.46. The number of amides is 1. The number of aliphatic carboxylic acids is 1. The zero-order chi connectivity index (χ0) is 14.5. The highest BCUT2D eigenvalue weighted by atomic mass is 32.2. The van der Waals surface area contributed by atoms with Crippen LogP contribution in [0.15, 0.2) is 24.3 Å². The standard InChI is InChI=1S/C11H13NO6S/c1-18-9-4-2-8(3-5-9)12-10(13)6-19(16,17)7-11(14)15/h2-5H,6-7H2,1H3,(H,12,13)(H,14,15). The maximum absolute atomic E-state index is 11.4. The van der Waals surface area contributed by atoms with E-state index in [4.69, 9.17) is 9.84 Å². The molecule has 1 aromatic rings. The minimum atomic E-state index is -3.95. The Morgan fingerprint density at radius 2 is 1.79 bits per heavy atom. The first-order valence-corrected chi connectivity index (χ1v) is 7.00. The summed E-state index contributed by atoms with van der Waals surface area (Å²) in [6.07, 6.45) is 0. The van der Waals surface area contributed by atoms with E-state index in [0.717, 1.165) is 0 Å². The van der Waals surface area contributed by atoms with Crippen molar-refractivity contribution in [3.8, 4) is 5.75 Å². The molecule has 0 aliphatic heterocycles. The molecule has 104 valence electrons. The minimum Gasteiger partial charge on any atom is -0.497 e. The number of benzene rings is 1. The molecule has 0 spiro atoms. The molecule has 0 fully saturated rings. The van der Waals surface area contributed by atoms with Crippen LogP contribution in [0.4, 0.5) is 5.69 Å². The molecule has 0 aliphatic rings. The monoisotopic (exact) mass is 287 g/mol. The van der Waals surface area contributed by atoms with Gasteiger partial charge in [0, 0.05) is 5.69 Å². The van der Waals surface area contributed by atoms with Crippen molar-refractivity contribution in [3.63, 3.8) is 0 Å². The van der Waals surface area contributed by atoms with Gasteiger partial charge in [-0.2, -0.15) is 0 Å². The number of carboxylic acid groups (broad SMARTS) is 1. The summed E-state index contributed by atoms with van der Waals surface area (Å²) in [6, 6.07) is 6.28. The normalized spacial score (nSPS) is 10.8. The van der Waals surface area contributed by atoms with Crippen molar-refractivity contribution in [2.45, 2.75) is 0 Å². The molecule has 1 rings (SSSR count). The van der Waals surface area contributed by atoms with Gasteiger partial charge in [-0.1, -0.05) is 0 Å². The Kier molecular flexibility index (Phi) is 4.87. The van der Waals surface area contributed by atoms with E-state index < -0.39 is 33.2 Å². The molecular weight excluding hydrogens is 274 g/mol. The average Bonchev–Trinajstić information content (AvgIpc) is 2.27. The molecule has 0 saturated heterocycles. The summed E-state index contributed by atoms with van der Waals surface area (Å²) in [4.78, 5) is 21.8. The Balaban J connectivity index is 2.62. The topological polar surface area (TPSA) is 110 Å². The van der Waals surface area contributed by atoms with Crippen molar-refractivity contribution in [1.82, 2.24) is 0 Å². The summed E-state index contributed by atoms with van der Waals surface area (Å²) in [6.45, 7) is 0. The van der Waals surface area contributed by atoms with Gasteiger partial charge < -0.3 is 15.2 Å². The van der Waals surface area contributed by atoms with Crippen molar-refractivity contribution in [2.75, 3.05) is 23.9 Å². The first kappa shape index (κ1) is 15.0. The molecule has 8 heteroatoms. The Morgan fingerprint density at radius 1 is 1.21 bits per heavy atom. The summed E-state index contributed by atoms with van der Waals surface area (Å²) in [5.41, 5.74) is 0.399. The fourth-order valence-corrected chi connectivity index (χ4v) is 2.26. The van der Waals surface area contributed by atoms with Gasteiger partial charge in [-0.25, -0.2) is 8.42 Å². The van der Waals surface area contributed by atoms with Gasteiger partial charge in [-0.3, -0.25) is 9.59 Å². The van der Waals surface area contributed by atoms with Gasteiger partial charge >= 0.3 is 5.97 Å². The number of rotatable bonds is 6. The number of hydrogen-bond donors (Lipinski definition) is 2. The molecular formula is C11H13NO6S. The van der Waals surface area contributed by atoms with Crippen LogP contribution in [0, 0.1) is 0 Å². The maximum atomic E-state index is 11.4. The van der Waals surface area contributed by atoms with Crippen LogP contribution < -0.4 is 10.1 Å². The smallest absolute Gasteiger partial charge is 0.318 e. The van der Waals surface area contributed by atoms with Crippen LogP contribution in [0.2, 0.25) is 0 Å². The second kappa shape index (κ2) is 6.19. The molecule has 1 amide bonds. The van der Waals surface area contributed by atoms with E-state index in [-0.39, 0.29) is 0 Å². The fourth-order valence-electron chi connectivity index (χ4n) is 1.31. The highest BCUT2D eigenvalue weighted by Gasteiger charge is 2.20. The van der Waals surface area contributed by atoms with E-state index in [0.29, 0.717) is 11.4 Å². The van der Waals surface area contributed by atoms with Gasteiger partial charge in [0.1, 0.15) is 17.3 Å². The van der Waals surface area contributed by atoms with Crippen molar-refractivity contribution < 1.29 is 27.9 Å². The molecule has 1 aromatic carbocycles. The zero-order valence-corrected chi connectivity index (χ0v) is 10.9. The SMILES string of the molecule is COc1ccc(NC(=O)CS(=O)(=O)CC(=O)O)cc1. The Labute approximate surface area is 110 Å². The molecule has 0 unspecified atom stereocenters. The molecule has 0 aliphatic carbocycles.